The number of nitrogens with one attached hydrogen (secondary N) is 1. The lowest BCUT2D eigenvalue weighted by Crippen LogP contribution is -2.54. The van der Waals surface area contributed by atoms with E-state index in [9.17, 15) is 14.7 Å². The minimum atomic E-state index is -2.07. The Morgan fingerprint density at radius 3 is 2.00 bits per heavy atom. The lowest BCUT2D eigenvalue weighted by Gasteiger charge is -2.43. The van der Waals surface area contributed by atoms with Gasteiger partial charge in [-0.1, -0.05) is 41.5 Å². The molecule has 0 aliphatic rings. The van der Waals surface area contributed by atoms with E-state index in [1.54, 1.807) is 6.92 Å². The quantitative estimate of drug-likeness (QED) is 0.665. The molecule has 0 unspecified atom stereocenters. The molecule has 3 atom stereocenters. The summed E-state index contributed by atoms with van der Waals surface area (Å²) >= 11 is 0. The monoisotopic (exact) mass is 343 g/mol. The summed E-state index contributed by atoms with van der Waals surface area (Å²) in [6, 6.07) is -0.191. The van der Waals surface area contributed by atoms with Gasteiger partial charge in [0, 0.05) is 0 Å². The van der Waals surface area contributed by atoms with Crippen LogP contribution in [0.5, 0.6) is 0 Å². The number of amides is 1. The van der Waals surface area contributed by atoms with Crippen LogP contribution in [-0.2, 0) is 9.22 Å². The summed E-state index contributed by atoms with van der Waals surface area (Å²) < 4.78 is 6.51. The molecule has 0 bridgehead atoms. The molecule has 0 radical (unpaired) electrons. The molecule has 0 heterocycles. The van der Waals surface area contributed by atoms with E-state index in [0.717, 1.165) is 0 Å². The van der Waals surface area contributed by atoms with Crippen LogP contribution in [-0.4, -0.2) is 45.2 Å². The van der Waals surface area contributed by atoms with Gasteiger partial charge in [0.15, 0.2) is 14.1 Å². The van der Waals surface area contributed by atoms with Crippen molar-refractivity contribution in [2.75, 3.05) is 0 Å². The summed E-state index contributed by atoms with van der Waals surface area (Å²) in [5, 5.41) is 12.2. The molecular formula is C16H34BNO4Si. The third-order valence-electron chi connectivity index (χ3n) is 4.75. The molecule has 7 heteroatoms. The molecule has 134 valence electrons. The van der Waals surface area contributed by atoms with E-state index in [4.69, 9.17) is 4.43 Å². The van der Waals surface area contributed by atoms with E-state index in [1.165, 1.54) is 7.85 Å². The number of rotatable bonds is 8. The van der Waals surface area contributed by atoms with Gasteiger partial charge < -0.3 is 14.8 Å². The second-order valence-corrected chi connectivity index (χ2v) is 13.1. The molecule has 0 aromatic carbocycles. The average molecular weight is 343 g/mol. The Labute approximate surface area is 143 Å². The average Bonchev–Trinajstić information content (AvgIpc) is 2.32. The number of carboxylic acid groups (broad SMARTS) is 1. The molecule has 0 fully saturated rings. The Balaban J connectivity index is 5.52. The van der Waals surface area contributed by atoms with Crippen molar-refractivity contribution in [3.63, 3.8) is 0 Å². The highest BCUT2D eigenvalue weighted by molar-refractivity contribution is 6.74. The molecule has 0 aromatic rings. The lowest BCUT2D eigenvalue weighted by molar-refractivity contribution is -0.142. The van der Waals surface area contributed by atoms with E-state index in [1.807, 2.05) is 13.8 Å². The first kappa shape index (κ1) is 22.2. The lowest BCUT2D eigenvalue weighted by atomic mass is 9.91. The van der Waals surface area contributed by atoms with Crippen LogP contribution in [0.3, 0.4) is 0 Å². The molecule has 2 N–H and O–H groups in total. The summed E-state index contributed by atoms with van der Waals surface area (Å²) in [6.45, 7) is 16.5. The van der Waals surface area contributed by atoms with Gasteiger partial charge in [-0.15, -0.1) is 0 Å². The van der Waals surface area contributed by atoms with E-state index in [-0.39, 0.29) is 28.9 Å². The maximum Gasteiger partial charge on any atom is 0.306 e. The Bertz CT molecular complexity index is 421. The van der Waals surface area contributed by atoms with Gasteiger partial charge in [-0.2, -0.15) is 0 Å². The molecule has 5 nitrogen and oxygen atoms in total. The van der Waals surface area contributed by atoms with Crippen molar-refractivity contribution in [3.05, 3.63) is 0 Å². The number of carbonyl (C=O) groups excluding carboxylic acids is 1. The maximum atomic E-state index is 11.6. The van der Waals surface area contributed by atoms with Crippen LogP contribution in [0.1, 0.15) is 48.0 Å². The standard InChI is InChI=1S/C16H34BNO4Si/c1-10(2)13(18-15(17)21)12(9-11(3)14(19)20)22-23(7,8)16(4,5)6/h10-13H,9,17H2,1-8H3,(H,18,21)(H,19,20)/t11-,12+,13+/m1/s1. The molecule has 0 spiro atoms. The van der Waals surface area contributed by atoms with Crippen molar-refractivity contribution >= 4 is 27.9 Å². The van der Waals surface area contributed by atoms with Crippen LogP contribution in [0.4, 0.5) is 4.79 Å². The van der Waals surface area contributed by atoms with Crippen molar-refractivity contribution in [1.29, 1.82) is 0 Å². The second kappa shape index (κ2) is 8.33. The topological polar surface area (TPSA) is 75.6 Å². The van der Waals surface area contributed by atoms with Gasteiger partial charge in [-0.3, -0.25) is 9.59 Å². The number of carbonyl (C=O) groups is 2. The van der Waals surface area contributed by atoms with Gasteiger partial charge in [0.25, 0.3) is 0 Å². The minimum Gasteiger partial charge on any atom is -0.481 e. The Morgan fingerprint density at radius 1 is 1.22 bits per heavy atom. The van der Waals surface area contributed by atoms with Crippen molar-refractivity contribution in [3.8, 4) is 0 Å². The number of hydrogen-bond acceptors (Lipinski definition) is 3. The van der Waals surface area contributed by atoms with Crippen molar-refractivity contribution in [2.45, 2.75) is 78.2 Å². The summed E-state index contributed by atoms with van der Waals surface area (Å²) in [7, 11) is -0.588. The van der Waals surface area contributed by atoms with Crippen LogP contribution < -0.4 is 5.32 Å². The zero-order valence-corrected chi connectivity index (χ0v) is 17.2. The SMILES string of the molecule is BC(=O)N[C@@H](C(C)C)[C@H](C[C@@H](C)C(=O)O)O[Si](C)(C)C(C)(C)C. The van der Waals surface area contributed by atoms with Gasteiger partial charge in [-0.25, -0.2) is 0 Å². The highest BCUT2D eigenvalue weighted by Gasteiger charge is 2.42. The van der Waals surface area contributed by atoms with E-state index in [0.29, 0.717) is 6.42 Å². The van der Waals surface area contributed by atoms with Crippen LogP contribution in [0, 0.1) is 11.8 Å². The molecule has 0 aromatic heterocycles. The zero-order chi connectivity index (χ0) is 18.6. The molecule has 23 heavy (non-hydrogen) atoms. The fourth-order valence-electron chi connectivity index (χ4n) is 2.20. The normalized spacial score (nSPS) is 16.7. The summed E-state index contributed by atoms with van der Waals surface area (Å²) in [5.41, 5.74) is 0. The molecule has 0 aliphatic heterocycles. The van der Waals surface area contributed by atoms with Gasteiger partial charge >= 0.3 is 5.97 Å². The number of aliphatic carboxylic acids is 1. The smallest absolute Gasteiger partial charge is 0.306 e. The first-order valence-electron chi connectivity index (χ1n) is 8.36. The van der Waals surface area contributed by atoms with Crippen LogP contribution in [0.25, 0.3) is 0 Å². The van der Waals surface area contributed by atoms with Crippen LogP contribution in [0.15, 0.2) is 0 Å². The zero-order valence-electron chi connectivity index (χ0n) is 16.2. The first-order chi connectivity index (χ1) is 10.2. The highest BCUT2D eigenvalue weighted by Crippen LogP contribution is 2.38. The summed E-state index contributed by atoms with van der Waals surface area (Å²) in [6.07, 6.45) is 0.0937. The van der Waals surface area contributed by atoms with E-state index in [2.05, 4.69) is 39.2 Å². The van der Waals surface area contributed by atoms with Crippen molar-refractivity contribution in [1.82, 2.24) is 5.32 Å². The van der Waals surface area contributed by atoms with E-state index < -0.39 is 20.2 Å². The van der Waals surface area contributed by atoms with E-state index >= 15 is 0 Å². The van der Waals surface area contributed by atoms with Crippen molar-refractivity contribution < 1.29 is 19.1 Å². The number of hydrogen-bond donors (Lipinski definition) is 2. The molecule has 0 rings (SSSR count). The van der Waals surface area contributed by atoms with Gasteiger partial charge in [0.2, 0.25) is 7.85 Å². The maximum absolute atomic E-state index is 11.6. The number of carboxylic acids is 1. The fraction of sp³-hybridized carbons (Fsp3) is 0.875. The predicted octanol–water partition coefficient (Wildman–Crippen LogP) is 2.85. The van der Waals surface area contributed by atoms with Crippen molar-refractivity contribution in [2.24, 2.45) is 11.8 Å². The minimum absolute atomic E-state index is 0.0233. The van der Waals surface area contributed by atoms with Crippen LogP contribution in [0.2, 0.25) is 18.1 Å². The summed E-state index contributed by atoms with van der Waals surface area (Å²) in [5.74, 6) is -1.30. The third-order valence-corrected chi connectivity index (χ3v) is 9.25. The van der Waals surface area contributed by atoms with Crippen LogP contribution >= 0.6 is 0 Å². The largest absolute Gasteiger partial charge is 0.481 e. The van der Waals surface area contributed by atoms with Gasteiger partial charge in [-0.05, 0) is 30.5 Å². The molecule has 1 amide bonds. The summed E-state index contributed by atoms with van der Waals surface area (Å²) in [4.78, 5) is 22.9. The van der Waals surface area contributed by atoms with Gasteiger partial charge in [0.1, 0.15) is 0 Å². The third kappa shape index (κ3) is 7.08. The fourth-order valence-corrected chi connectivity index (χ4v) is 3.55. The predicted molar refractivity (Wildman–Crippen MR) is 99.2 cm³/mol. The molecule has 0 aliphatic carbocycles. The Morgan fingerprint density at radius 2 is 1.70 bits per heavy atom. The first-order valence-corrected chi connectivity index (χ1v) is 11.3. The molecule has 0 saturated heterocycles. The molecular weight excluding hydrogens is 309 g/mol. The Kier molecular flexibility index (Phi) is 8.03. The Hall–Kier alpha value is -0.818. The van der Waals surface area contributed by atoms with Gasteiger partial charge in [0.05, 0.1) is 18.1 Å². The highest BCUT2D eigenvalue weighted by atomic mass is 28.4. The molecule has 0 saturated carbocycles. The second-order valence-electron chi connectivity index (χ2n) is 8.36.